The zero-order valence-electron chi connectivity index (χ0n) is 16.2. The second kappa shape index (κ2) is 8.67. The first-order valence-corrected chi connectivity index (χ1v) is 9.57. The van der Waals surface area contributed by atoms with Gasteiger partial charge in [0.2, 0.25) is 5.91 Å². The van der Waals surface area contributed by atoms with E-state index in [0.717, 1.165) is 35.4 Å². The summed E-state index contributed by atoms with van der Waals surface area (Å²) in [6, 6.07) is 17.8. The monoisotopic (exact) mass is 361 g/mol. The lowest BCUT2D eigenvalue weighted by atomic mass is 10.1. The quantitative estimate of drug-likeness (QED) is 0.604. The normalized spacial score (nSPS) is 13.7. The molecule has 0 aliphatic carbocycles. The van der Waals surface area contributed by atoms with Crippen LogP contribution in [-0.2, 0) is 11.3 Å². The van der Waals surface area contributed by atoms with Crippen molar-refractivity contribution in [2.45, 2.75) is 39.8 Å². The molecule has 1 aromatic heterocycles. The van der Waals surface area contributed by atoms with Crippen LogP contribution in [0.1, 0.15) is 44.6 Å². The van der Waals surface area contributed by atoms with Gasteiger partial charge in [-0.25, -0.2) is 4.98 Å². The molecule has 0 bridgehead atoms. The lowest BCUT2D eigenvalue weighted by Gasteiger charge is -2.18. The maximum absolute atomic E-state index is 12.4. The number of carbonyl (C=O) groups excluding carboxylic acids is 1. The highest BCUT2D eigenvalue weighted by atomic mass is 16.1. The molecule has 0 spiro atoms. The molecule has 0 radical (unpaired) electrons. The van der Waals surface area contributed by atoms with Gasteiger partial charge in [0.15, 0.2) is 0 Å². The molecule has 0 saturated carbocycles. The number of carbonyl (C=O) groups is 1. The Kier molecular flexibility index (Phi) is 6.07. The molecule has 0 aliphatic heterocycles. The fourth-order valence-electron chi connectivity index (χ4n) is 3.12. The first-order valence-electron chi connectivity index (χ1n) is 9.57. The fraction of sp³-hybridized carbons (Fsp3) is 0.304. The van der Waals surface area contributed by atoms with E-state index in [1.165, 1.54) is 0 Å². The number of nitrogens with zero attached hydrogens (tertiary/aromatic N) is 2. The second-order valence-electron chi connectivity index (χ2n) is 7.06. The van der Waals surface area contributed by atoms with Gasteiger partial charge in [-0.1, -0.05) is 62.7 Å². The van der Waals surface area contributed by atoms with Crippen LogP contribution in [0.25, 0.3) is 17.1 Å². The molecule has 27 heavy (non-hydrogen) atoms. The third-order valence-corrected chi connectivity index (χ3v) is 4.85. The molecule has 1 amide bonds. The molecule has 140 valence electrons. The van der Waals surface area contributed by atoms with E-state index in [4.69, 9.17) is 4.98 Å². The average Bonchev–Trinajstić information content (AvgIpc) is 3.06. The Hall–Kier alpha value is -2.88. The minimum atomic E-state index is -0.172. The summed E-state index contributed by atoms with van der Waals surface area (Å²) in [5.74, 6) is 1.33. The SMILES string of the molecule is CCC(C)Cn1c(C(C)NC(=O)/C=C\c2ccccc2)nc2ccccc21. The Morgan fingerprint density at radius 1 is 1.11 bits per heavy atom. The predicted molar refractivity (Wildman–Crippen MR) is 111 cm³/mol. The predicted octanol–water partition coefficient (Wildman–Crippen LogP) is 4.97. The first kappa shape index (κ1) is 18.9. The molecular formula is C23H27N3O. The van der Waals surface area contributed by atoms with Gasteiger partial charge in [-0.05, 0) is 36.6 Å². The summed E-state index contributed by atoms with van der Waals surface area (Å²) in [6.07, 6.45) is 4.50. The minimum absolute atomic E-state index is 0.117. The Labute approximate surface area is 160 Å². The highest BCUT2D eigenvalue weighted by Crippen LogP contribution is 2.23. The molecule has 0 fully saturated rings. The number of aromatic nitrogens is 2. The van der Waals surface area contributed by atoms with Gasteiger partial charge >= 0.3 is 0 Å². The Bertz CT molecular complexity index is 927. The number of hydrogen-bond acceptors (Lipinski definition) is 2. The van der Waals surface area contributed by atoms with Gasteiger partial charge < -0.3 is 9.88 Å². The lowest BCUT2D eigenvalue weighted by Crippen LogP contribution is -2.27. The van der Waals surface area contributed by atoms with E-state index in [9.17, 15) is 4.79 Å². The lowest BCUT2D eigenvalue weighted by molar-refractivity contribution is -0.117. The molecule has 1 N–H and O–H groups in total. The van der Waals surface area contributed by atoms with Gasteiger partial charge in [0, 0.05) is 12.6 Å². The molecule has 1 heterocycles. The molecule has 0 aliphatic rings. The number of imidazole rings is 1. The van der Waals surface area contributed by atoms with Gasteiger partial charge in [0.1, 0.15) is 5.82 Å². The Morgan fingerprint density at radius 3 is 2.56 bits per heavy atom. The standard InChI is InChI=1S/C23H27N3O/c1-4-17(2)16-26-21-13-9-8-12-20(21)25-23(26)18(3)24-22(27)15-14-19-10-6-5-7-11-19/h5-15,17-18H,4,16H2,1-3H3,(H,24,27)/b15-14-. The van der Waals surface area contributed by atoms with Crippen molar-refractivity contribution in [1.29, 1.82) is 0 Å². The van der Waals surface area contributed by atoms with Crippen molar-refractivity contribution in [3.8, 4) is 0 Å². The maximum atomic E-state index is 12.4. The van der Waals surface area contributed by atoms with Gasteiger partial charge in [-0.3, -0.25) is 4.79 Å². The van der Waals surface area contributed by atoms with E-state index >= 15 is 0 Å². The van der Waals surface area contributed by atoms with Gasteiger partial charge in [-0.2, -0.15) is 0 Å². The van der Waals surface area contributed by atoms with E-state index in [1.807, 2.05) is 61.5 Å². The van der Waals surface area contributed by atoms with Crippen molar-refractivity contribution in [3.05, 3.63) is 72.1 Å². The smallest absolute Gasteiger partial charge is 0.244 e. The molecule has 4 nitrogen and oxygen atoms in total. The average molecular weight is 361 g/mol. The molecule has 4 heteroatoms. The fourth-order valence-corrected chi connectivity index (χ4v) is 3.12. The largest absolute Gasteiger partial charge is 0.343 e. The van der Waals surface area contributed by atoms with Crippen LogP contribution < -0.4 is 5.32 Å². The third kappa shape index (κ3) is 4.64. The Morgan fingerprint density at radius 2 is 1.81 bits per heavy atom. The van der Waals surface area contributed by atoms with E-state index in [0.29, 0.717) is 5.92 Å². The van der Waals surface area contributed by atoms with Gasteiger partial charge in [0.05, 0.1) is 17.1 Å². The third-order valence-electron chi connectivity index (χ3n) is 4.85. The van der Waals surface area contributed by atoms with Crippen molar-refractivity contribution < 1.29 is 4.79 Å². The van der Waals surface area contributed by atoms with Crippen LogP contribution in [-0.4, -0.2) is 15.5 Å². The maximum Gasteiger partial charge on any atom is 0.244 e. The zero-order chi connectivity index (χ0) is 19.2. The molecule has 2 aromatic carbocycles. The number of nitrogens with one attached hydrogen (secondary N) is 1. The van der Waals surface area contributed by atoms with Gasteiger partial charge in [-0.15, -0.1) is 0 Å². The number of fused-ring (bicyclic) bond motifs is 1. The molecule has 2 unspecified atom stereocenters. The van der Waals surface area contributed by atoms with Crippen LogP contribution in [0.3, 0.4) is 0 Å². The Balaban J connectivity index is 1.80. The van der Waals surface area contributed by atoms with Crippen LogP contribution in [0.2, 0.25) is 0 Å². The van der Waals surface area contributed by atoms with Crippen LogP contribution in [0, 0.1) is 5.92 Å². The van der Waals surface area contributed by atoms with Crippen LogP contribution in [0.4, 0.5) is 0 Å². The van der Waals surface area contributed by atoms with E-state index in [-0.39, 0.29) is 11.9 Å². The number of amides is 1. The minimum Gasteiger partial charge on any atom is -0.343 e. The number of benzene rings is 2. The van der Waals surface area contributed by atoms with Crippen molar-refractivity contribution >= 4 is 23.0 Å². The number of para-hydroxylation sites is 2. The van der Waals surface area contributed by atoms with E-state index < -0.39 is 0 Å². The van der Waals surface area contributed by atoms with Crippen molar-refractivity contribution in [1.82, 2.24) is 14.9 Å². The summed E-state index contributed by atoms with van der Waals surface area (Å²) in [4.78, 5) is 17.2. The van der Waals surface area contributed by atoms with Crippen LogP contribution >= 0.6 is 0 Å². The number of rotatable bonds is 7. The molecular weight excluding hydrogens is 334 g/mol. The second-order valence-corrected chi connectivity index (χ2v) is 7.06. The van der Waals surface area contributed by atoms with Crippen molar-refractivity contribution in [2.24, 2.45) is 5.92 Å². The molecule has 3 rings (SSSR count). The summed E-state index contributed by atoms with van der Waals surface area (Å²) in [5.41, 5.74) is 3.09. The van der Waals surface area contributed by atoms with E-state index in [2.05, 4.69) is 29.8 Å². The highest BCUT2D eigenvalue weighted by molar-refractivity contribution is 5.92. The van der Waals surface area contributed by atoms with Crippen LogP contribution in [0.5, 0.6) is 0 Å². The highest BCUT2D eigenvalue weighted by Gasteiger charge is 2.18. The molecule has 0 saturated heterocycles. The van der Waals surface area contributed by atoms with Crippen molar-refractivity contribution in [2.75, 3.05) is 0 Å². The summed E-state index contributed by atoms with van der Waals surface area (Å²) in [5, 5.41) is 3.05. The summed E-state index contributed by atoms with van der Waals surface area (Å²) in [7, 11) is 0. The van der Waals surface area contributed by atoms with Gasteiger partial charge in [0.25, 0.3) is 0 Å². The summed E-state index contributed by atoms with van der Waals surface area (Å²) < 4.78 is 2.25. The zero-order valence-corrected chi connectivity index (χ0v) is 16.2. The summed E-state index contributed by atoms with van der Waals surface area (Å²) >= 11 is 0. The molecule has 3 aromatic rings. The topological polar surface area (TPSA) is 46.9 Å². The number of hydrogen-bond donors (Lipinski definition) is 1. The van der Waals surface area contributed by atoms with E-state index in [1.54, 1.807) is 6.08 Å². The summed E-state index contributed by atoms with van der Waals surface area (Å²) in [6.45, 7) is 7.32. The van der Waals surface area contributed by atoms with Crippen molar-refractivity contribution in [3.63, 3.8) is 0 Å². The molecule has 2 atom stereocenters. The first-order chi connectivity index (χ1) is 13.1. The van der Waals surface area contributed by atoms with Crippen LogP contribution in [0.15, 0.2) is 60.7 Å².